The molecule has 3 rings (SSSR count). The number of carbonyl (C=O) groups is 1. The van der Waals surface area contributed by atoms with Gasteiger partial charge in [-0.2, -0.15) is 10.1 Å². The Morgan fingerprint density at radius 1 is 1.24 bits per heavy atom. The molecular weight excluding hydrogens is 368 g/mol. The summed E-state index contributed by atoms with van der Waals surface area (Å²) in [6.45, 7) is 10.1. The minimum absolute atomic E-state index is 0.000220. The van der Waals surface area contributed by atoms with Crippen LogP contribution in [0.15, 0.2) is 30.5 Å². The molecule has 8 heteroatoms. The number of hydrogen-bond donors (Lipinski definition) is 2. The van der Waals surface area contributed by atoms with E-state index in [0.717, 1.165) is 18.5 Å². The van der Waals surface area contributed by atoms with Gasteiger partial charge in [-0.15, -0.1) is 5.10 Å². The highest BCUT2D eigenvalue weighted by Crippen LogP contribution is 2.30. The van der Waals surface area contributed by atoms with E-state index in [2.05, 4.69) is 52.7 Å². The van der Waals surface area contributed by atoms with Crippen molar-refractivity contribution in [1.82, 2.24) is 20.1 Å². The summed E-state index contributed by atoms with van der Waals surface area (Å²) in [6, 6.07) is 8.38. The monoisotopic (exact) mass is 398 g/mol. The fraction of sp³-hybridized carbons (Fsp3) is 0.524. The average Bonchev–Trinajstić information content (AvgIpc) is 2.69. The highest BCUT2D eigenvalue weighted by Gasteiger charge is 2.24. The predicted molar refractivity (Wildman–Crippen MR) is 113 cm³/mol. The largest absolute Gasteiger partial charge is 0.450 e. The molecule has 29 heavy (non-hydrogen) atoms. The lowest BCUT2D eigenvalue weighted by atomic mass is 9.86. The van der Waals surface area contributed by atoms with Gasteiger partial charge < -0.3 is 20.3 Å². The SMILES string of the molecule is CCOC(=O)N1CCC(Nc2cnnc(Nc3ccccc3C(C)(C)C)n2)CC1. The first-order chi connectivity index (χ1) is 13.9. The molecule has 0 unspecified atom stereocenters. The van der Waals surface area contributed by atoms with Crippen LogP contribution in [0.2, 0.25) is 0 Å². The van der Waals surface area contributed by atoms with Crippen LogP contribution in [0.5, 0.6) is 0 Å². The van der Waals surface area contributed by atoms with Crippen LogP contribution in [0.1, 0.15) is 46.1 Å². The first-order valence-corrected chi connectivity index (χ1v) is 10.1. The predicted octanol–water partition coefficient (Wildman–Crippen LogP) is 3.95. The third-order valence-electron chi connectivity index (χ3n) is 4.91. The van der Waals surface area contributed by atoms with Crippen molar-refractivity contribution in [1.29, 1.82) is 0 Å². The van der Waals surface area contributed by atoms with Crippen molar-refractivity contribution >= 4 is 23.5 Å². The molecule has 0 saturated carbocycles. The standard InChI is InChI=1S/C21H30N6O2/c1-5-29-20(28)27-12-10-15(11-13-27)23-18-14-22-26-19(25-18)24-17-9-7-6-8-16(17)21(2,3)4/h6-9,14-15H,5,10-13H2,1-4H3,(H2,23,24,25,26). The van der Waals surface area contributed by atoms with Gasteiger partial charge in [0.15, 0.2) is 5.82 Å². The number of carbonyl (C=O) groups excluding carboxylic acids is 1. The number of nitrogens with zero attached hydrogens (tertiary/aromatic N) is 4. The first-order valence-electron chi connectivity index (χ1n) is 10.1. The van der Waals surface area contributed by atoms with Crippen LogP contribution in [0.25, 0.3) is 0 Å². The molecule has 0 radical (unpaired) electrons. The van der Waals surface area contributed by atoms with Gasteiger partial charge in [0.2, 0.25) is 5.95 Å². The Morgan fingerprint density at radius 3 is 2.66 bits per heavy atom. The normalized spacial score (nSPS) is 15.1. The van der Waals surface area contributed by atoms with Gasteiger partial charge in [-0.1, -0.05) is 39.0 Å². The molecule has 1 amide bonds. The van der Waals surface area contributed by atoms with E-state index in [9.17, 15) is 4.79 Å². The summed E-state index contributed by atoms with van der Waals surface area (Å²) >= 11 is 0. The zero-order valence-corrected chi connectivity index (χ0v) is 17.6. The summed E-state index contributed by atoms with van der Waals surface area (Å²) in [7, 11) is 0. The molecule has 0 spiro atoms. The second-order valence-electron chi connectivity index (χ2n) is 8.19. The van der Waals surface area contributed by atoms with E-state index >= 15 is 0 Å². The van der Waals surface area contributed by atoms with Crippen LogP contribution in [0, 0.1) is 0 Å². The highest BCUT2D eigenvalue weighted by molar-refractivity contribution is 5.67. The Bertz CT molecular complexity index is 828. The quantitative estimate of drug-likeness (QED) is 0.788. The van der Waals surface area contributed by atoms with Gasteiger partial charge in [0.05, 0.1) is 12.8 Å². The van der Waals surface area contributed by atoms with Gasteiger partial charge in [-0.05, 0) is 36.8 Å². The minimum atomic E-state index is -0.237. The van der Waals surface area contributed by atoms with E-state index in [4.69, 9.17) is 4.74 Å². The number of anilines is 3. The number of hydrogen-bond acceptors (Lipinski definition) is 7. The number of piperidine rings is 1. The molecule has 2 aromatic rings. The van der Waals surface area contributed by atoms with Gasteiger partial charge in [0.25, 0.3) is 0 Å². The summed E-state index contributed by atoms with van der Waals surface area (Å²) in [4.78, 5) is 18.1. The fourth-order valence-electron chi connectivity index (χ4n) is 3.42. The number of rotatable bonds is 5. The Hall–Kier alpha value is -2.90. The summed E-state index contributed by atoms with van der Waals surface area (Å²) in [6.07, 6.45) is 3.05. The van der Waals surface area contributed by atoms with Crippen molar-refractivity contribution in [2.45, 2.75) is 52.0 Å². The fourth-order valence-corrected chi connectivity index (χ4v) is 3.42. The second-order valence-corrected chi connectivity index (χ2v) is 8.19. The zero-order chi connectivity index (χ0) is 20.9. The molecule has 8 nitrogen and oxygen atoms in total. The van der Waals surface area contributed by atoms with E-state index < -0.39 is 0 Å². The second kappa shape index (κ2) is 9.07. The topological polar surface area (TPSA) is 92.3 Å². The molecule has 0 aliphatic carbocycles. The minimum Gasteiger partial charge on any atom is -0.450 e. The summed E-state index contributed by atoms with van der Waals surface area (Å²) in [5.41, 5.74) is 2.16. The summed E-state index contributed by atoms with van der Waals surface area (Å²) in [5.74, 6) is 1.13. The van der Waals surface area contributed by atoms with E-state index in [1.165, 1.54) is 5.56 Å². The van der Waals surface area contributed by atoms with E-state index in [1.807, 2.05) is 25.1 Å². The number of likely N-dealkylation sites (tertiary alicyclic amines) is 1. The number of para-hydroxylation sites is 1. The average molecular weight is 399 g/mol. The summed E-state index contributed by atoms with van der Waals surface area (Å²) in [5, 5.41) is 14.9. The van der Waals surface area contributed by atoms with E-state index in [0.29, 0.717) is 31.5 Å². The van der Waals surface area contributed by atoms with Gasteiger partial charge in [0, 0.05) is 24.8 Å². The lowest BCUT2D eigenvalue weighted by molar-refractivity contribution is 0.0983. The van der Waals surface area contributed by atoms with Crippen LogP contribution in [0.3, 0.4) is 0 Å². The molecular formula is C21H30N6O2. The number of aromatic nitrogens is 3. The van der Waals surface area contributed by atoms with Gasteiger partial charge in [-0.3, -0.25) is 0 Å². The van der Waals surface area contributed by atoms with Crippen molar-refractivity contribution in [3.8, 4) is 0 Å². The van der Waals surface area contributed by atoms with Crippen molar-refractivity contribution in [3.63, 3.8) is 0 Å². The van der Waals surface area contributed by atoms with Crippen molar-refractivity contribution in [3.05, 3.63) is 36.0 Å². The molecule has 1 aromatic heterocycles. The van der Waals surface area contributed by atoms with Crippen molar-refractivity contribution < 1.29 is 9.53 Å². The maximum absolute atomic E-state index is 11.8. The van der Waals surface area contributed by atoms with Crippen LogP contribution in [-0.4, -0.2) is 51.9 Å². The van der Waals surface area contributed by atoms with Crippen LogP contribution >= 0.6 is 0 Å². The maximum atomic E-state index is 11.8. The van der Waals surface area contributed by atoms with E-state index in [-0.39, 0.29) is 17.6 Å². The van der Waals surface area contributed by atoms with Crippen molar-refractivity contribution in [2.24, 2.45) is 0 Å². The first kappa shape index (κ1) is 20.8. The number of nitrogens with one attached hydrogen (secondary N) is 2. The van der Waals surface area contributed by atoms with Gasteiger partial charge in [0.1, 0.15) is 0 Å². The van der Waals surface area contributed by atoms with Gasteiger partial charge in [-0.25, -0.2) is 4.79 Å². The Morgan fingerprint density at radius 2 is 1.97 bits per heavy atom. The Balaban J connectivity index is 1.62. The Labute approximate surface area is 172 Å². The molecule has 2 heterocycles. The molecule has 2 N–H and O–H groups in total. The van der Waals surface area contributed by atoms with Crippen molar-refractivity contribution in [2.75, 3.05) is 30.3 Å². The number of benzene rings is 1. The number of ether oxygens (including phenoxy) is 1. The van der Waals surface area contributed by atoms with Crippen LogP contribution < -0.4 is 10.6 Å². The zero-order valence-electron chi connectivity index (χ0n) is 17.6. The lowest BCUT2D eigenvalue weighted by Crippen LogP contribution is -2.42. The molecule has 1 fully saturated rings. The van der Waals surface area contributed by atoms with Crippen LogP contribution in [0.4, 0.5) is 22.2 Å². The highest BCUT2D eigenvalue weighted by atomic mass is 16.6. The lowest BCUT2D eigenvalue weighted by Gasteiger charge is -2.31. The molecule has 0 bridgehead atoms. The number of amides is 1. The molecule has 156 valence electrons. The smallest absolute Gasteiger partial charge is 0.409 e. The Kier molecular flexibility index (Phi) is 6.51. The molecule has 0 atom stereocenters. The maximum Gasteiger partial charge on any atom is 0.409 e. The van der Waals surface area contributed by atoms with E-state index in [1.54, 1.807) is 11.1 Å². The third-order valence-corrected chi connectivity index (χ3v) is 4.91. The van der Waals surface area contributed by atoms with Crippen LogP contribution in [-0.2, 0) is 10.2 Å². The molecule has 1 aliphatic heterocycles. The molecule has 1 aromatic carbocycles. The molecule has 1 saturated heterocycles. The molecule has 1 aliphatic rings. The summed E-state index contributed by atoms with van der Waals surface area (Å²) < 4.78 is 5.07. The van der Waals surface area contributed by atoms with Gasteiger partial charge >= 0.3 is 6.09 Å². The third kappa shape index (κ3) is 5.56.